The fourth-order valence-corrected chi connectivity index (χ4v) is 3.95. The van der Waals surface area contributed by atoms with Gasteiger partial charge in [-0.2, -0.15) is 0 Å². The second-order valence-electron chi connectivity index (χ2n) is 7.89. The molecule has 1 unspecified atom stereocenters. The zero-order valence-electron chi connectivity index (χ0n) is 19.8. The van der Waals surface area contributed by atoms with Crippen molar-refractivity contribution in [3.63, 3.8) is 0 Å². The Morgan fingerprint density at radius 1 is 1.09 bits per heavy atom. The number of hydrogen-bond donors (Lipinski definition) is 2. The molecule has 1 aromatic carbocycles. The number of morpholine rings is 1. The Bertz CT molecular complexity index is 810. The minimum Gasteiger partial charge on any atom is -0.379 e. The van der Waals surface area contributed by atoms with Crippen molar-refractivity contribution < 1.29 is 9.26 Å². The van der Waals surface area contributed by atoms with Crippen LogP contribution < -0.4 is 10.6 Å². The summed E-state index contributed by atoms with van der Waals surface area (Å²) >= 11 is 0. The highest BCUT2D eigenvalue weighted by atomic mass is 127. The van der Waals surface area contributed by atoms with Crippen LogP contribution in [0.5, 0.6) is 0 Å². The summed E-state index contributed by atoms with van der Waals surface area (Å²) in [5.74, 6) is 1.75. The van der Waals surface area contributed by atoms with Gasteiger partial charge in [-0.05, 0) is 25.8 Å². The molecule has 2 aromatic rings. The number of guanidine groups is 1. The van der Waals surface area contributed by atoms with E-state index in [-0.39, 0.29) is 30.0 Å². The molecule has 8 heteroatoms. The summed E-state index contributed by atoms with van der Waals surface area (Å²) in [5, 5.41) is 11.2. The van der Waals surface area contributed by atoms with Crippen LogP contribution >= 0.6 is 24.0 Å². The maximum absolute atomic E-state index is 5.58. The van der Waals surface area contributed by atoms with Gasteiger partial charge in [0, 0.05) is 38.2 Å². The zero-order valence-corrected chi connectivity index (χ0v) is 22.1. The first-order valence-electron chi connectivity index (χ1n) is 11.5. The molecule has 0 bridgehead atoms. The third kappa shape index (κ3) is 7.18. The number of halogens is 1. The van der Waals surface area contributed by atoms with Gasteiger partial charge < -0.3 is 19.9 Å². The van der Waals surface area contributed by atoms with Gasteiger partial charge in [-0.15, -0.1) is 24.0 Å². The van der Waals surface area contributed by atoms with E-state index in [2.05, 4.69) is 72.7 Å². The fraction of sp³-hybridized carbons (Fsp3) is 0.583. The Morgan fingerprint density at radius 2 is 1.81 bits per heavy atom. The van der Waals surface area contributed by atoms with Gasteiger partial charge in [-0.1, -0.05) is 48.8 Å². The first-order valence-corrected chi connectivity index (χ1v) is 11.5. The first-order chi connectivity index (χ1) is 15.2. The Labute approximate surface area is 209 Å². The van der Waals surface area contributed by atoms with E-state index in [0.717, 1.165) is 75.2 Å². The number of rotatable bonds is 9. The van der Waals surface area contributed by atoms with Crippen LogP contribution in [0.4, 0.5) is 0 Å². The van der Waals surface area contributed by atoms with Crippen molar-refractivity contribution in [2.75, 3.05) is 39.4 Å². The molecule has 1 atom stereocenters. The molecule has 178 valence electrons. The topological polar surface area (TPSA) is 74.9 Å². The minimum atomic E-state index is 0. The SMILES string of the molecule is CCNC(=NCc1c(CC)noc1CC)NCC(c1ccc(C)cc1)N1CCOCC1.I. The molecule has 3 rings (SSSR count). The van der Waals surface area contributed by atoms with Gasteiger partial charge in [-0.25, -0.2) is 4.99 Å². The van der Waals surface area contributed by atoms with Gasteiger partial charge in [-0.3, -0.25) is 4.90 Å². The van der Waals surface area contributed by atoms with Crippen molar-refractivity contribution in [2.24, 2.45) is 4.99 Å². The summed E-state index contributed by atoms with van der Waals surface area (Å²) in [6.07, 6.45) is 1.68. The predicted molar refractivity (Wildman–Crippen MR) is 140 cm³/mol. The molecule has 2 heterocycles. The number of benzene rings is 1. The van der Waals surface area contributed by atoms with Crippen molar-refractivity contribution in [1.29, 1.82) is 0 Å². The summed E-state index contributed by atoms with van der Waals surface area (Å²) in [5.41, 5.74) is 4.71. The van der Waals surface area contributed by atoms with Crippen LogP contribution in [0.15, 0.2) is 33.8 Å². The summed E-state index contributed by atoms with van der Waals surface area (Å²) in [7, 11) is 0. The van der Waals surface area contributed by atoms with Crippen LogP contribution in [-0.2, 0) is 24.1 Å². The van der Waals surface area contributed by atoms with E-state index >= 15 is 0 Å². The monoisotopic (exact) mass is 555 g/mol. The lowest BCUT2D eigenvalue weighted by Crippen LogP contribution is -2.46. The minimum absolute atomic E-state index is 0. The number of aliphatic imine (C=N–C) groups is 1. The molecular weight excluding hydrogens is 517 g/mol. The van der Waals surface area contributed by atoms with E-state index in [1.807, 2.05) is 0 Å². The van der Waals surface area contributed by atoms with Crippen LogP contribution in [0.2, 0.25) is 0 Å². The second kappa shape index (κ2) is 13.8. The van der Waals surface area contributed by atoms with Gasteiger partial charge >= 0.3 is 0 Å². The number of nitrogens with one attached hydrogen (secondary N) is 2. The van der Waals surface area contributed by atoms with E-state index in [0.29, 0.717) is 6.54 Å². The fourth-order valence-electron chi connectivity index (χ4n) is 3.95. The molecule has 1 fully saturated rings. The normalized spacial score (nSPS) is 15.8. The molecule has 1 aromatic heterocycles. The van der Waals surface area contributed by atoms with Crippen molar-refractivity contribution in [3.05, 3.63) is 52.4 Å². The van der Waals surface area contributed by atoms with Gasteiger partial charge in [0.2, 0.25) is 0 Å². The van der Waals surface area contributed by atoms with Gasteiger partial charge in [0.1, 0.15) is 5.76 Å². The Hall–Kier alpha value is -1.65. The quantitative estimate of drug-likeness (QED) is 0.278. The number of ether oxygens (including phenoxy) is 1. The molecule has 32 heavy (non-hydrogen) atoms. The van der Waals surface area contributed by atoms with E-state index < -0.39 is 0 Å². The number of nitrogens with zero attached hydrogens (tertiary/aromatic N) is 3. The number of aromatic nitrogens is 1. The van der Waals surface area contributed by atoms with Crippen molar-refractivity contribution in [3.8, 4) is 0 Å². The van der Waals surface area contributed by atoms with Crippen LogP contribution in [0, 0.1) is 6.92 Å². The Balaban J connectivity index is 0.00000363. The summed E-state index contributed by atoms with van der Waals surface area (Å²) in [6, 6.07) is 9.11. The van der Waals surface area contributed by atoms with Gasteiger partial charge in [0.25, 0.3) is 0 Å². The first kappa shape index (κ1) is 26.6. The molecule has 0 radical (unpaired) electrons. The third-order valence-corrected chi connectivity index (χ3v) is 5.76. The number of hydrogen-bond acceptors (Lipinski definition) is 5. The lowest BCUT2D eigenvalue weighted by molar-refractivity contribution is 0.0170. The third-order valence-electron chi connectivity index (χ3n) is 5.76. The Kier molecular flexibility index (Phi) is 11.5. The lowest BCUT2D eigenvalue weighted by atomic mass is 10.0. The molecule has 0 aliphatic carbocycles. The average molecular weight is 556 g/mol. The van der Waals surface area contributed by atoms with E-state index in [4.69, 9.17) is 14.3 Å². The average Bonchev–Trinajstić information content (AvgIpc) is 3.21. The van der Waals surface area contributed by atoms with E-state index in [9.17, 15) is 0 Å². The van der Waals surface area contributed by atoms with E-state index in [1.165, 1.54) is 11.1 Å². The Morgan fingerprint density at radius 3 is 2.44 bits per heavy atom. The molecule has 0 saturated carbocycles. The molecule has 0 spiro atoms. The smallest absolute Gasteiger partial charge is 0.191 e. The summed E-state index contributed by atoms with van der Waals surface area (Å²) in [4.78, 5) is 7.34. The lowest BCUT2D eigenvalue weighted by Gasteiger charge is -2.35. The zero-order chi connectivity index (χ0) is 22.1. The van der Waals surface area contributed by atoms with Crippen LogP contribution in [0.1, 0.15) is 55.0 Å². The predicted octanol–water partition coefficient (Wildman–Crippen LogP) is 3.85. The highest BCUT2D eigenvalue weighted by molar-refractivity contribution is 14.0. The molecule has 1 aliphatic heterocycles. The standard InChI is InChI=1S/C24H37N5O2.HI/c1-5-21-20(23(6-2)31-28-21)16-26-24(25-7-3)27-17-22(29-12-14-30-15-13-29)19-10-8-18(4)9-11-19;/h8-11,22H,5-7,12-17H2,1-4H3,(H2,25,26,27);1H. The molecule has 1 saturated heterocycles. The van der Waals surface area contributed by atoms with Gasteiger partial charge in [0.15, 0.2) is 5.96 Å². The molecule has 2 N–H and O–H groups in total. The van der Waals surface area contributed by atoms with Crippen LogP contribution in [-0.4, -0.2) is 55.4 Å². The summed E-state index contributed by atoms with van der Waals surface area (Å²) in [6.45, 7) is 14.0. The highest BCUT2D eigenvalue weighted by Gasteiger charge is 2.23. The van der Waals surface area contributed by atoms with Crippen LogP contribution in [0.3, 0.4) is 0 Å². The highest BCUT2D eigenvalue weighted by Crippen LogP contribution is 2.22. The maximum atomic E-state index is 5.58. The number of aryl methyl sites for hydroxylation is 3. The van der Waals surface area contributed by atoms with Crippen molar-refractivity contribution >= 4 is 29.9 Å². The molecule has 0 amide bonds. The molecular formula is C24H38IN5O2. The van der Waals surface area contributed by atoms with Crippen molar-refractivity contribution in [2.45, 2.75) is 53.1 Å². The van der Waals surface area contributed by atoms with Gasteiger partial charge in [0.05, 0.1) is 31.5 Å². The summed E-state index contributed by atoms with van der Waals surface area (Å²) < 4.78 is 11.1. The maximum Gasteiger partial charge on any atom is 0.191 e. The largest absolute Gasteiger partial charge is 0.379 e. The second-order valence-corrected chi connectivity index (χ2v) is 7.89. The van der Waals surface area contributed by atoms with Crippen molar-refractivity contribution in [1.82, 2.24) is 20.7 Å². The van der Waals surface area contributed by atoms with Crippen LogP contribution in [0.25, 0.3) is 0 Å². The molecule has 1 aliphatic rings. The molecule has 7 nitrogen and oxygen atoms in total. The van der Waals surface area contributed by atoms with E-state index in [1.54, 1.807) is 0 Å².